The van der Waals surface area contributed by atoms with E-state index >= 15 is 0 Å². The summed E-state index contributed by atoms with van der Waals surface area (Å²) in [6.45, 7) is 0.308. The number of aldehydes is 1. The molecule has 0 spiro atoms. The fourth-order valence-corrected chi connectivity index (χ4v) is 1.94. The van der Waals surface area contributed by atoms with E-state index in [2.05, 4.69) is 4.98 Å². The second-order valence-corrected chi connectivity index (χ2v) is 4.44. The molecule has 21 heavy (non-hydrogen) atoms. The first kappa shape index (κ1) is 15.2. The van der Waals surface area contributed by atoms with E-state index < -0.39 is 11.9 Å². The van der Waals surface area contributed by atoms with Crippen LogP contribution in [-0.2, 0) is 17.5 Å². The van der Waals surface area contributed by atoms with Gasteiger partial charge < -0.3 is 4.74 Å². The highest BCUT2D eigenvalue weighted by atomic mass is 19.4. The number of rotatable bonds is 4. The predicted octanol–water partition coefficient (Wildman–Crippen LogP) is 3.73. The van der Waals surface area contributed by atoms with E-state index in [9.17, 15) is 18.0 Å². The lowest BCUT2D eigenvalue weighted by Crippen LogP contribution is -2.07. The van der Waals surface area contributed by atoms with Crippen molar-refractivity contribution >= 4 is 6.29 Å². The second-order valence-electron chi connectivity index (χ2n) is 4.44. The molecule has 6 heteroatoms. The average Bonchev–Trinajstić information content (AvgIpc) is 2.46. The first-order chi connectivity index (χ1) is 9.94. The average molecular weight is 295 g/mol. The summed E-state index contributed by atoms with van der Waals surface area (Å²) < 4.78 is 42.4. The van der Waals surface area contributed by atoms with Crippen molar-refractivity contribution in [2.45, 2.75) is 12.8 Å². The van der Waals surface area contributed by atoms with Gasteiger partial charge in [-0.25, -0.2) is 0 Å². The molecule has 0 saturated heterocycles. The van der Waals surface area contributed by atoms with Crippen molar-refractivity contribution < 1.29 is 22.7 Å². The second kappa shape index (κ2) is 6.05. The molecule has 0 bridgehead atoms. The molecule has 0 unspecified atom stereocenters. The summed E-state index contributed by atoms with van der Waals surface area (Å²) in [5.41, 5.74) is 1.36. The predicted molar refractivity (Wildman–Crippen MR) is 70.8 cm³/mol. The van der Waals surface area contributed by atoms with Gasteiger partial charge in [-0.3, -0.25) is 9.78 Å². The molecular weight excluding hydrogens is 283 g/mol. The molecule has 0 aliphatic carbocycles. The number of nitrogens with zero attached hydrogens (tertiary/aromatic N) is 1. The summed E-state index contributed by atoms with van der Waals surface area (Å²) in [6.07, 6.45) is -2.64. The van der Waals surface area contributed by atoms with E-state index in [4.69, 9.17) is 4.74 Å². The third-order valence-corrected chi connectivity index (χ3v) is 2.85. The van der Waals surface area contributed by atoms with Crippen LogP contribution in [0, 0.1) is 0 Å². The Morgan fingerprint density at radius 2 is 1.95 bits per heavy atom. The fraction of sp³-hybridized carbons (Fsp3) is 0.200. The number of aromatic nitrogens is 1. The highest BCUT2D eigenvalue weighted by Gasteiger charge is 2.32. The van der Waals surface area contributed by atoms with Crippen molar-refractivity contribution in [1.29, 1.82) is 0 Å². The Kier molecular flexibility index (Phi) is 4.37. The lowest BCUT2D eigenvalue weighted by molar-refractivity contribution is -0.141. The van der Waals surface area contributed by atoms with Gasteiger partial charge in [0.15, 0.2) is 0 Å². The Hall–Kier alpha value is -2.21. The number of hydrogen-bond acceptors (Lipinski definition) is 3. The highest BCUT2D eigenvalue weighted by molar-refractivity contribution is 5.79. The topological polar surface area (TPSA) is 39.2 Å². The third kappa shape index (κ3) is 3.66. The van der Waals surface area contributed by atoms with Crippen molar-refractivity contribution in [3.63, 3.8) is 0 Å². The summed E-state index contributed by atoms with van der Waals surface area (Å²) in [5, 5.41) is 0. The summed E-state index contributed by atoms with van der Waals surface area (Å²) in [7, 11) is 1.52. The zero-order valence-corrected chi connectivity index (χ0v) is 11.1. The van der Waals surface area contributed by atoms with Crippen molar-refractivity contribution in [2.75, 3.05) is 7.11 Å². The van der Waals surface area contributed by atoms with E-state index in [0.29, 0.717) is 29.6 Å². The molecule has 2 rings (SSSR count). The van der Waals surface area contributed by atoms with Gasteiger partial charge in [0.2, 0.25) is 0 Å². The van der Waals surface area contributed by atoms with Crippen LogP contribution >= 0.6 is 0 Å². The maximum Gasteiger partial charge on any atom is 0.433 e. The van der Waals surface area contributed by atoms with Gasteiger partial charge in [0.05, 0.1) is 6.61 Å². The molecule has 1 aromatic heterocycles. The highest BCUT2D eigenvalue weighted by Crippen LogP contribution is 2.29. The standard InChI is InChI=1S/C15H12F3NO2/c1-21-9-11-4-10(8-20)5-13(6-11)12-2-3-14(19-7-12)15(16,17)18/h2-8H,9H2,1H3. The van der Waals surface area contributed by atoms with Gasteiger partial charge >= 0.3 is 6.18 Å². The number of carbonyl (C=O) groups excluding carboxylic acids is 1. The first-order valence-electron chi connectivity index (χ1n) is 6.06. The van der Waals surface area contributed by atoms with Crippen molar-refractivity contribution in [3.8, 4) is 11.1 Å². The van der Waals surface area contributed by atoms with E-state index in [-0.39, 0.29) is 0 Å². The van der Waals surface area contributed by atoms with E-state index in [1.807, 2.05) is 0 Å². The minimum Gasteiger partial charge on any atom is -0.380 e. The number of pyridine rings is 1. The summed E-state index contributed by atoms with van der Waals surface area (Å²) >= 11 is 0. The Morgan fingerprint density at radius 3 is 2.48 bits per heavy atom. The number of hydrogen-bond donors (Lipinski definition) is 0. The monoisotopic (exact) mass is 295 g/mol. The zero-order chi connectivity index (χ0) is 15.5. The van der Waals surface area contributed by atoms with Crippen LogP contribution in [0.15, 0.2) is 36.5 Å². The minimum absolute atomic E-state index is 0.308. The van der Waals surface area contributed by atoms with Crippen molar-refractivity contribution in [1.82, 2.24) is 4.98 Å². The number of carbonyl (C=O) groups is 1. The Morgan fingerprint density at radius 1 is 1.19 bits per heavy atom. The van der Waals surface area contributed by atoms with Gasteiger partial charge in [-0.05, 0) is 35.4 Å². The first-order valence-corrected chi connectivity index (χ1v) is 6.06. The Bertz CT molecular complexity index is 636. The SMILES string of the molecule is COCc1cc(C=O)cc(-c2ccc(C(F)(F)F)nc2)c1. The molecule has 1 heterocycles. The molecule has 0 saturated carbocycles. The van der Waals surface area contributed by atoms with Crippen LogP contribution in [0.2, 0.25) is 0 Å². The van der Waals surface area contributed by atoms with Crippen LogP contribution in [-0.4, -0.2) is 18.4 Å². The van der Waals surface area contributed by atoms with Crippen LogP contribution < -0.4 is 0 Å². The Balaban J connectivity index is 2.41. The van der Waals surface area contributed by atoms with Gasteiger partial charge in [0.25, 0.3) is 0 Å². The van der Waals surface area contributed by atoms with Gasteiger partial charge in [0.1, 0.15) is 12.0 Å². The molecule has 1 aromatic carbocycles. The lowest BCUT2D eigenvalue weighted by atomic mass is 10.0. The van der Waals surface area contributed by atoms with Crippen LogP contribution in [0.1, 0.15) is 21.6 Å². The molecule has 3 nitrogen and oxygen atoms in total. The summed E-state index contributed by atoms with van der Waals surface area (Å²) in [6, 6.07) is 7.25. The summed E-state index contributed by atoms with van der Waals surface area (Å²) in [4.78, 5) is 14.3. The molecular formula is C15H12F3NO2. The smallest absolute Gasteiger partial charge is 0.380 e. The van der Waals surface area contributed by atoms with Crippen LogP contribution in [0.5, 0.6) is 0 Å². The van der Waals surface area contributed by atoms with Crippen molar-refractivity contribution in [3.05, 3.63) is 53.3 Å². The largest absolute Gasteiger partial charge is 0.433 e. The number of ether oxygens (including phenoxy) is 1. The minimum atomic E-state index is -4.47. The number of halogens is 3. The molecule has 110 valence electrons. The number of methoxy groups -OCH3 is 1. The molecule has 2 aromatic rings. The fourth-order valence-electron chi connectivity index (χ4n) is 1.94. The molecule has 0 fully saturated rings. The molecule has 0 aliphatic heterocycles. The molecule has 0 amide bonds. The maximum atomic E-state index is 12.5. The van der Waals surface area contributed by atoms with Crippen LogP contribution in [0.3, 0.4) is 0 Å². The summed E-state index contributed by atoms with van der Waals surface area (Å²) in [5.74, 6) is 0. The molecule has 0 N–H and O–H groups in total. The maximum absolute atomic E-state index is 12.5. The quantitative estimate of drug-likeness (QED) is 0.807. The number of benzene rings is 1. The van der Waals surface area contributed by atoms with Gasteiger partial charge in [-0.1, -0.05) is 6.07 Å². The van der Waals surface area contributed by atoms with Gasteiger partial charge in [-0.15, -0.1) is 0 Å². The van der Waals surface area contributed by atoms with Crippen LogP contribution in [0.25, 0.3) is 11.1 Å². The van der Waals surface area contributed by atoms with E-state index in [1.54, 1.807) is 18.2 Å². The van der Waals surface area contributed by atoms with E-state index in [0.717, 1.165) is 17.8 Å². The van der Waals surface area contributed by atoms with E-state index in [1.165, 1.54) is 13.2 Å². The normalized spacial score (nSPS) is 11.4. The molecule has 0 radical (unpaired) electrons. The van der Waals surface area contributed by atoms with Crippen LogP contribution in [0.4, 0.5) is 13.2 Å². The van der Waals surface area contributed by atoms with Crippen molar-refractivity contribution in [2.24, 2.45) is 0 Å². The van der Waals surface area contributed by atoms with Gasteiger partial charge in [-0.2, -0.15) is 13.2 Å². The zero-order valence-electron chi connectivity index (χ0n) is 11.1. The number of alkyl halides is 3. The third-order valence-electron chi connectivity index (χ3n) is 2.85. The molecule has 0 atom stereocenters. The Labute approximate surface area is 119 Å². The lowest BCUT2D eigenvalue weighted by Gasteiger charge is -2.09. The van der Waals surface area contributed by atoms with Gasteiger partial charge in [0, 0.05) is 24.4 Å². The molecule has 0 aliphatic rings.